The van der Waals surface area contributed by atoms with Gasteiger partial charge in [0, 0.05) is 43.8 Å². The van der Waals surface area contributed by atoms with Gasteiger partial charge in [0.05, 0.1) is 11.4 Å². The summed E-state index contributed by atoms with van der Waals surface area (Å²) in [6, 6.07) is 23.3. The first-order chi connectivity index (χ1) is 19.1. The van der Waals surface area contributed by atoms with Crippen LogP contribution in [0.3, 0.4) is 0 Å². The molecule has 6 rings (SSSR count). The first kappa shape index (κ1) is 25.6. The lowest BCUT2D eigenvalue weighted by Gasteiger charge is -2.46. The number of piperidine rings is 1. The number of hydrogen-bond acceptors (Lipinski definition) is 6. The van der Waals surface area contributed by atoms with Crippen LogP contribution >= 0.6 is 0 Å². The smallest absolute Gasteiger partial charge is 0.415 e. The summed E-state index contributed by atoms with van der Waals surface area (Å²) in [5, 5.41) is 10.7. The highest BCUT2D eigenvalue weighted by molar-refractivity contribution is 5.82. The Morgan fingerprint density at radius 2 is 1.69 bits per heavy atom. The molecule has 2 saturated heterocycles. The molecule has 0 aromatic heterocycles. The number of carbonyl (C=O) groups is 1. The summed E-state index contributed by atoms with van der Waals surface area (Å²) >= 11 is 0. The van der Waals surface area contributed by atoms with Crippen molar-refractivity contribution in [3.8, 4) is 23.0 Å². The second-order valence-corrected chi connectivity index (χ2v) is 10.8. The maximum absolute atomic E-state index is 12.6. The Kier molecular flexibility index (Phi) is 7.09. The molecule has 1 N–H and O–H groups in total. The van der Waals surface area contributed by atoms with Gasteiger partial charge in [0.25, 0.3) is 0 Å². The lowest BCUT2D eigenvalue weighted by Crippen LogP contribution is -2.50. The predicted molar refractivity (Wildman–Crippen MR) is 152 cm³/mol. The second kappa shape index (κ2) is 10.8. The van der Waals surface area contributed by atoms with E-state index in [0.717, 1.165) is 37.2 Å². The minimum atomic E-state index is -0.379. The molecule has 3 heterocycles. The number of phenolic OH excluding ortho intramolecular Hbond substituents is 1. The van der Waals surface area contributed by atoms with E-state index >= 15 is 0 Å². The number of fused-ring (bicyclic) bond motifs is 4. The van der Waals surface area contributed by atoms with Crippen LogP contribution in [0.2, 0.25) is 0 Å². The Labute approximate surface area is 230 Å². The zero-order valence-corrected chi connectivity index (χ0v) is 22.8. The van der Waals surface area contributed by atoms with Gasteiger partial charge in [0.2, 0.25) is 0 Å². The summed E-state index contributed by atoms with van der Waals surface area (Å²) in [5.74, 6) is 1.58. The van der Waals surface area contributed by atoms with Gasteiger partial charge in [-0.25, -0.2) is 4.79 Å². The highest BCUT2D eigenvalue weighted by Gasteiger charge is 2.44. The topological polar surface area (TPSA) is 65.5 Å². The van der Waals surface area contributed by atoms with E-state index < -0.39 is 0 Å². The maximum Gasteiger partial charge on any atom is 0.415 e. The molecular formula is C32H37N3O4. The fourth-order valence-electron chi connectivity index (χ4n) is 6.65. The quantitative estimate of drug-likeness (QED) is 0.368. The number of amides is 1. The number of nitrogens with zero attached hydrogens (tertiary/aromatic N) is 3. The van der Waals surface area contributed by atoms with Crippen molar-refractivity contribution in [2.45, 2.75) is 64.1 Å². The number of hydrogen-bond donors (Lipinski definition) is 1. The lowest BCUT2D eigenvalue weighted by molar-refractivity contribution is 0.129. The zero-order valence-electron chi connectivity index (χ0n) is 22.8. The number of benzene rings is 3. The van der Waals surface area contributed by atoms with E-state index in [9.17, 15) is 9.90 Å². The van der Waals surface area contributed by atoms with E-state index in [1.54, 1.807) is 17.0 Å². The highest BCUT2D eigenvalue weighted by atomic mass is 16.6. The Hall–Kier alpha value is -3.71. The molecule has 204 valence electrons. The van der Waals surface area contributed by atoms with E-state index in [1.807, 2.05) is 38.1 Å². The average molecular weight is 528 g/mol. The molecule has 3 aliphatic rings. The molecule has 1 amide bonds. The third kappa shape index (κ3) is 4.91. The molecule has 3 aliphatic heterocycles. The van der Waals surface area contributed by atoms with Crippen LogP contribution in [-0.2, 0) is 6.42 Å². The Morgan fingerprint density at radius 3 is 2.41 bits per heavy atom. The summed E-state index contributed by atoms with van der Waals surface area (Å²) in [6.45, 7) is 6.11. The van der Waals surface area contributed by atoms with Gasteiger partial charge in [-0.2, -0.15) is 0 Å². The minimum absolute atomic E-state index is 0.108. The van der Waals surface area contributed by atoms with Gasteiger partial charge < -0.3 is 24.4 Å². The van der Waals surface area contributed by atoms with E-state index in [4.69, 9.17) is 9.47 Å². The molecule has 3 aromatic rings. The number of aromatic hydroxyl groups is 1. The fraction of sp³-hybridized carbons (Fsp3) is 0.406. The molecule has 7 nitrogen and oxygen atoms in total. The number of ether oxygens (including phenoxy) is 2. The van der Waals surface area contributed by atoms with E-state index in [-0.39, 0.29) is 17.9 Å². The first-order valence-electron chi connectivity index (χ1n) is 14.2. The number of phenols is 1. The van der Waals surface area contributed by atoms with Crippen molar-refractivity contribution < 1.29 is 19.4 Å². The van der Waals surface area contributed by atoms with Crippen molar-refractivity contribution in [2.75, 3.05) is 24.5 Å². The Morgan fingerprint density at radius 1 is 0.949 bits per heavy atom. The third-order valence-corrected chi connectivity index (χ3v) is 8.59. The summed E-state index contributed by atoms with van der Waals surface area (Å²) in [6.07, 6.45) is 5.25. The highest BCUT2D eigenvalue weighted by Crippen LogP contribution is 2.54. The van der Waals surface area contributed by atoms with Crippen molar-refractivity contribution in [3.05, 3.63) is 72.3 Å². The van der Waals surface area contributed by atoms with Gasteiger partial charge in [0.1, 0.15) is 5.75 Å². The molecule has 7 heteroatoms. The van der Waals surface area contributed by atoms with Gasteiger partial charge in [-0.05, 0) is 75.8 Å². The van der Waals surface area contributed by atoms with Crippen LogP contribution in [0.5, 0.6) is 23.0 Å². The Bertz CT molecular complexity index is 1310. The van der Waals surface area contributed by atoms with Gasteiger partial charge >= 0.3 is 6.09 Å². The first-order valence-corrected chi connectivity index (χ1v) is 14.2. The van der Waals surface area contributed by atoms with Crippen molar-refractivity contribution in [1.82, 2.24) is 9.80 Å². The van der Waals surface area contributed by atoms with Crippen LogP contribution in [0, 0.1) is 0 Å². The number of anilines is 2. The van der Waals surface area contributed by atoms with E-state index in [2.05, 4.69) is 40.1 Å². The minimum Gasteiger partial charge on any atom is -0.504 e. The predicted octanol–water partition coefficient (Wildman–Crippen LogP) is 6.71. The molecule has 2 fully saturated rings. The summed E-state index contributed by atoms with van der Waals surface area (Å²) < 4.78 is 11.9. The average Bonchev–Trinajstić information content (AvgIpc) is 3.18. The van der Waals surface area contributed by atoms with Crippen LogP contribution in [-0.4, -0.2) is 58.8 Å². The van der Waals surface area contributed by atoms with Gasteiger partial charge in [0.15, 0.2) is 17.2 Å². The van der Waals surface area contributed by atoms with Crippen molar-refractivity contribution in [2.24, 2.45) is 0 Å². The number of carbonyl (C=O) groups excluding carboxylic acids is 1. The monoisotopic (exact) mass is 527 g/mol. The normalized spacial score (nSPS) is 21.6. The lowest BCUT2D eigenvalue weighted by atomic mass is 9.93. The SMILES string of the molecule is CCN(CC)C(=O)Oc1ccc2c(c1)Oc1c(O)cccc1N2C1CC2CCC(C1)N2CCc1ccccc1. The molecule has 0 radical (unpaired) electrons. The van der Waals surface area contributed by atoms with Crippen LogP contribution in [0.15, 0.2) is 66.7 Å². The van der Waals surface area contributed by atoms with Crippen molar-refractivity contribution in [3.63, 3.8) is 0 Å². The molecule has 0 spiro atoms. The van der Waals surface area contributed by atoms with Crippen molar-refractivity contribution >= 4 is 17.5 Å². The second-order valence-electron chi connectivity index (χ2n) is 10.8. The van der Waals surface area contributed by atoms with Crippen LogP contribution in [0.4, 0.5) is 16.2 Å². The van der Waals surface area contributed by atoms with Gasteiger partial charge in [-0.1, -0.05) is 36.4 Å². The number of para-hydroxylation sites is 1. The summed E-state index contributed by atoms with van der Waals surface area (Å²) in [4.78, 5) is 19.3. The molecular weight excluding hydrogens is 490 g/mol. The summed E-state index contributed by atoms with van der Waals surface area (Å²) in [7, 11) is 0. The van der Waals surface area contributed by atoms with Crippen molar-refractivity contribution in [1.29, 1.82) is 0 Å². The molecule has 2 unspecified atom stereocenters. The third-order valence-electron chi connectivity index (χ3n) is 8.59. The van der Waals surface area contributed by atoms with Crippen LogP contribution < -0.4 is 14.4 Å². The Balaban J connectivity index is 1.26. The largest absolute Gasteiger partial charge is 0.504 e. The molecule has 39 heavy (non-hydrogen) atoms. The zero-order chi connectivity index (χ0) is 26.9. The van der Waals surface area contributed by atoms with E-state index in [1.165, 1.54) is 18.4 Å². The molecule has 0 aliphatic carbocycles. The molecule has 2 atom stereocenters. The summed E-state index contributed by atoms with van der Waals surface area (Å²) in [5.41, 5.74) is 3.22. The van der Waals surface area contributed by atoms with Crippen LogP contribution in [0.1, 0.15) is 45.1 Å². The standard InChI is InChI=1S/C32H37N3O4/c1-3-33(4-2)32(37)38-26-15-16-27-30(21-26)39-31-28(11-8-12-29(31)36)35(27)25-19-23-13-14-24(20-25)34(23)18-17-22-9-6-5-7-10-22/h5-12,15-16,21,23-25,36H,3-4,13-14,17-20H2,1-2H3. The molecule has 3 aromatic carbocycles. The van der Waals surface area contributed by atoms with Gasteiger partial charge in [-0.15, -0.1) is 0 Å². The van der Waals surface area contributed by atoms with E-state index in [0.29, 0.717) is 42.4 Å². The maximum atomic E-state index is 12.6. The van der Waals surface area contributed by atoms with Gasteiger partial charge in [-0.3, -0.25) is 4.90 Å². The number of rotatable bonds is 7. The van der Waals surface area contributed by atoms with Crippen LogP contribution in [0.25, 0.3) is 0 Å². The molecule has 0 saturated carbocycles. The molecule has 2 bridgehead atoms. The fourth-order valence-corrected chi connectivity index (χ4v) is 6.65.